The van der Waals surface area contributed by atoms with E-state index < -0.39 is 42.2 Å². The van der Waals surface area contributed by atoms with E-state index in [1.807, 2.05) is 18.2 Å². The lowest BCUT2D eigenvalue weighted by atomic mass is 9.93. The first-order valence-corrected chi connectivity index (χ1v) is 10.1. The number of carbonyl (C=O) groups is 1. The molecule has 0 spiro atoms. The highest BCUT2D eigenvalue weighted by Gasteiger charge is 2.39. The topological polar surface area (TPSA) is 84.6 Å². The molecule has 3 rings (SSSR count). The van der Waals surface area contributed by atoms with Crippen LogP contribution in [-0.4, -0.2) is 48.0 Å². The highest BCUT2D eigenvalue weighted by Crippen LogP contribution is 2.39. The van der Waals surface area contributed by atoms with Crippen LogP contribution in [0.3, 0.4) is 0 Å². The number of aliphatic hydroxyl groups excluding tert-OH is 2. The van der Waals surface area contributed by atoms with E-state index in [4.69, 9.17) is 5.11 Å². The minimum absolute atomic E-state index is 0.234. The third-order valence-electron chi connectivity index (χ3n) is 5.43. The van der Waals surface area contributed by atoms with Crippen LogP contribution in [0.1, 0.15) is 31.2 Å². The van der Waals surface area contributed by atoms with Crippen molar-refractivity contribution in [3.05, 3.63) is 47.5 Å². The van der Waals surface area contributed by atoms with E-state index in [2.05, 4.69) is 4.90 Å². The van der Waals surface area contributed by atoms with Crippen molar-refractivity contribution in [1.29, 1.82) is 5.26 Å². The molecule has 0 aliphatic carbocycles. The predicted molar refractivity (Wildman–Crippen MR) is 111 cm³/mol. The Morgan fingerprint density at radius 1 is 1.19 bits per heavy atom. The summed E-state index contributed by atoms with van der Waals surface area (Å²) in [6, 6.07) is 11.2. The van der Waals surface area contributed by atoms with E-state index >= 15 is 0 Å². The van der Waals surface area contributed by atoms with Crippen LogP contribution in [0, 0.1) is 11.3 Å². The summed E-state index contributed by atoms with van der Waals surface area (Å²) in [6.07, 6.45) is -4.85. The Bertz CT molecular complexity index is 1030. The van der Waals surface area contributed by atoms with Crippen LogP contribution < -0.4 is 4.90 Å². The molecule has 164 valence electrons. The van der Waals surface area contributed by atoms with Crippen LogP contribution in [0.15, 0.2) is 42.0 Å². The van der Waals surface area contributed by atoms with Gasteiger partial charge in [0.05, 0.1) is 18.3 Å². The van der Waals surface area contributed by atoms with E-state index in [-0.39, 0.29) is 12.0 Å². The van der Waals surface area contributed by atoms with Gasteiger partial charge in [0, 0.05) is 30.6 Å². The molecule has 1 unspecified atom stereocenters. The molecule has 5 nitrogen and oxygen atoms in total. The van der Waals surface area contributed by atoms with Gasteiger partial charge in [0.2, 0.25) is 0 Å². The van der Waals surface area contributed by atoms with Gasteiger partial charge < -0.3 is 15.1 Å². The minimum atomic E-state index is -4.92. The smallest absolute Gasteiger partial charge is 0.394 e. The maximum atomic E-state index is 14.0. The molecular weight excluding hydrogens is 409 g/mol. The Morgan fingerprint density at radius 2 is 1.90 bits per heavy atom. The van der Waals surface area contributed by atoms with Crippen molar-refractivity contribution in [3.8, 4) is 6.07 Å². The van der Waals surface area contributed by atoms with Gasteiger partial charge in [0.25, 0.3) is 0 Å². The molecule has 1 fully saturated rings. The highest BCUT2D eigenvalue weighted by atomic mass is 19.4. The van der Waals surface area contributed by atoms with Gasteiger partial charge in [-0.1, -0.05) is 24.3 Å². The molecular formula is C23H23F3N2O3. The zero-order valence-electron chi connectivity index (χ0n) is 16.8. The Balaban J connectivity index is 2.12. The Labute approximate surface area is 178 Å². The summed E-state index contributed by atoms with van der Waals surface area (Å²) in [5.41, 5.74) is -1.69. The second-order valence-electron chi connectivity index (χ2n) is 7.57. The number of benzene rings is 2. The summed E-state index contributed by atoms with van der Waals surface area (Å²) in [4.78, 5) is 14.5. The molecule has 0 amide bonds. The zero-order chi connectivity index (χ0) is 22.6. The van der Waals surface area contributed by atoms with Crippen LogP contribution >= 0.6 is 0 Å². The Morgan fingerprint density at radius 3 is 2.52 bits per heavy atom. The largest absolute Gasteiger partial charge is 0.418 e. The minimum Gasteiger partial charge on any atom is -0.394 e. The molecule has 2 N–H and O–H groups in total. The average molecular weight is 432 g/mol. The number of carbonyl (C=O) groups excluding carboxylic acids is 1. The number of hydrogen-bond acceptors (Lipinski definition) is 5. The number of alkyl halides is 3. The number of allylic oxidation sites excluding steroid dienone is 2. The van der Waals surface area contributed by atoms with E-state index in [0.29, 0.717) is 5.39 Å². The van der Waals surface area contributed by atoms with Gasteiger partial charge >= 0.3 is 6.18 Å². The van der Waals surface area contributed by atoms with E-state index in [1.165, 1.54) is 18.2 Å². The molecule has 0 saturated carbocycles. The Kier molecular flexibility index (Phi) is 6.98. The van der Waals surface area contributed by atoms with Gasteiger partial charge in [-0.25, -0.2) is 0 Å². The number of Topliss-reactive ketones (excluding diaryl/α,β-unsaturated/α-hetero) is 1. The first-order valence-electron chi connectivity index (χ1n) is 10.1. The van der Waals surface area contributed by atoms with Crippen molar-refractivity contribution in [2.45, 2.75) is 38.0 Å². The van der Waals surface area contributed by atoms with E-state index in [1.54, 1.807) is 6.07 Å². The molecule has 2 aromatic rings. The van der Waals surface area contributed by atoms with Crippen LogP contribution in [0.25, 0.3) is 16.3 Å². The number of halogens is 3. The number of aliphatic hydroxyl groups is 2. The van der Waals surface area contributed by atoms with Crippen LogP contribution in [0.5, 0.6) is 0 Å². The quantitative estimate of drug-likeness (QED) is 0.511. The molecule has 1 aliphatic heterocycles. The molecule has 31 heavy (non-hydrogen) atoms. The average Bonchev–Trinajstić information content (AvgIpc) is 3.28. The van der Waals surface area contributed by atoms with Crippen molar-refractivity contribution >= 4 is 27.8 Å². The number of hydrogen-bond donors (Lipinski definition) is 2. The maximum absolute atomic E-state index is 14.0. The molecule has 1 aliphatic rings. The first-order chi connectivity index (χ1) is 14.8. The molecule has 1 saturated heterocycles. The summed E-state index contributed by atoms with van der Waals surface area (Å²) in [5, 5.41) is 29.1. The van der Waals surface area contributed by atoms with Crippen molar-refractivity contribution in [2.24, 2.45) is 0 Å². The molecule has 1 atom stereocenters. The van der Waals surface area contributed by atoms with Crippen LogP contribution in [-0.2, 0) is 4.79 Å². The van der Waals surface area contributed by atoms with Crippen molar-refractivity contribution in [2.75, 3.05) is 24.6 Å². The summed E-state index contributed by atoms with van der Waals surface area (Å²) in [6.45, 7) is 1.02. The van der Waals surface area contributed by atoms with Crippen molar-refractivity contribution in [1.82, 2.24) is 0 Å². The van der Waals surface area contributed by atoms with Crippen molar-refractivity contribution < 1.29 is 28.2 Å². The fourth-order valence-corrected chi connectivity index (χ4v) is 3.87. The number of nitriles is 1. The third-order valence-corrected chi connectivity index (χ3v) is 5.43. The summed E-state index contributed by atoms with van der Waals surface area (Å²) in [5.74, 6) is -1.02. The van der Waals surface area contributed by atoms with Crippen LogP contribution in [0.2, 0.25) is 0 Å². The molecule has 0 radical (unpaired) electrons. The van der Waals surface area contributed by atoms with E-state index in [9.17, 15) is 28.3 Å². The normalized spacial score (nSPS) is 16.2. The van der Waals surface area contributed by atoms with Gasteiger partial charge in [-0.2, -0.15) is 18.4 Å². The second-order valence-corrected chi connectivity index (χ2v) is 7.57. The predicted octanol–water partition coefficient (Wildman–Crippen LogP) is 3.98. The number of fused-ring (bicyclic) bond motifs is 1. The van der Waals surface area contributed by atoms with E-state index in [0.717, 1.165) is 37.0 Å². The van der Waals surface area contributed by atoms with Gasteiger partial charge in [0.1, 0.15) is 11.6 Å². The SMILES string of the molecule is N#C/C(C(=O)CCC(O)CO)=C(\c1ccc2cccc(N3CCCC3)c2c1)C(F)(F)F. The summed E-state index contributed by atoms with van der Waals surface area (Å²) < 4.78 is 42.0. The number of rotatable bonds is 7. The monoisotopic (exact) mass is 432 g/mol. The summed E-state index contributed by atoms with van der Waals surface area (Å²) >= 11 is 0. The molecule has 1 heterocycles. The van der Waals surface area contributed by atoms with Gasteiger partial charge in [-0.3, -0.25) is 4.79 Å². The number of ketones is 1. The lowest BCUT2D eigenvalue weighted by Gasteiger charge is -2.21. The standard InChI is InChI=1S/C23H23F3N2O3/c24-23(25,26)22(19(13-27)21(31)9-8-17(30)14-29)16-7-6-15-4-3-5-20(18(15)12-16)28-10-1-2-11-28/h3-7,12,17,29-30H,1-2,8-11,14H2/b22-19-. The maximum Gasteiger partial charge on any atom is 0.418 e. The fourth-order valence-electron chi connectivity index (χ4n) is 3.87. The molecule has 0 aromatic heterocycles. The molecule has 2 aromatic carbocycles. The lowest BCUT2D eigenvalue weighted by molar-refractivity contribution is -0.116. The number of anilines is 1. The van der Waals surface area contributed by atoms with Crippen molar-refractivity contribution in [3.63, 3.8) is 0 Å². The molecule has 8 heteroatoms. The molecule has 0 bridgehead atoms. The second kappa shape index (κ2) is 9.50. The fraction of sp³-hybridized carbons (Fsp3) is 0.391. The van der Waals surface area contributed by atoms with Gasteiger partial charge in [-0.05, 0) is 42.3 Å². The van der Waals surface area contributed by atoms with Gasteiger partial charge in [-0.15, -0.1) is 0 Å². The Hall–Kier alpha value is -2.89. The lowest BCUT2D eigenvalue weighted by Crippen LogP contribution is -2.19. The number of nitrogens with zero attached hydrogens (tertiary/aromatic N) is 2. The summed E-state index contributed by atoms with van der Waals surface area (Å²) in [7, 11) is 0. The van der Waals surface area contributed by atoms with Crippen LogP contribution in [0.4, 0.5) is 18.9 Å². The first kappa shape index (κ1) is 22.8. The third kappa shape index (κ3) is 5.06. The zero-order valence-corrected chi connectivity index (χ0v) is 16.8. The van der Waals surface area contributed by atoms with Gasteiger partial charge in [0.15, 0.2) is 5.78 Å². The highest BCUT2D eigenvalue weighted by molar-refractivity contribution is 6.08.